The molecule has 0 fully saturated rings. The largest absolute Gasteiger partial charge is 0.417 e. The lowest BCUT2D eigenvalue weighted by Gasteiger charge is -2.33. The topological polar surface area (TPSA) is 33.1 Å². The number of benzene rings is 2. The Morgan fingerprint density at radius 1 is 1.07 bits per heavy atom. The van der Waals surface area contributed by atoms with Crippen LogP contribution in [-0.2, 0) is 6.42 Å². The predicted molar refractivity (Wildman–Crippen MR) is 101 cm³/mol. The van der Waals surface area contributed by atoms with Gasteiger partial charge in [0, 0.05) is 18.0 Å². The van der Waals surface area contributed by atoms with E-state index in [0.29, 0.717) is 16.5 Å². The van der Waals surface area contributed by atoms with Crippen molar-refractivity contribution in [3.63, 3.8) is 0 Å². The highest BCUT2D eigenvalue weighted by molar-refractivity contribution is 5.84. The molecule has 0 spiro atoms. The van der Waals surface area contributed by atoms with Gasteiger partial charge in [0.15, 0.2) is 5.60 Å². The van der Waals surface area contributed by atoms with Crippen molar-refractivity contribution in [3.05, 3.63) is 77.4 Å². The molecule has 0 aliphatic heterocycles. The predicted octanol–water partition coefficient (Wildman–Crippen LogP) is 5.71. The average molecular weight is 391 g/mol. The maximum atomic E-state index is 13.9. The number of fused-ring (bicyclic) bond motifs is 1. The Labute approximate surface area is 160 Å². The summed E-state index contributed by atoms with van der Waals surface area (Å²) < 4.78 is 55.3. The van der Waals surface area contributed by atoms with Crippen LogP contribution in [0.3, 0.4) is 0 Å². The molecular formula is C22H21F4NO. The van der Waals surface area contributed by atoms with Gasteiger partial charge < -0.3 is 5.11 Å². The zero-order valence-corrected chi connectivity index (χ0v) is 15.6. The van der Waals surface area contributed by atoms with Crippen LogP contribution in [0, 0.1) is 12.7 Å². The lowest BCUT2D eigenvalue weighted by molar-refractivity contribution is -0.263. The van der Waals surface area contributed by atoms with Crippen LogP contribution in [0.1, 0.15) is 36.1 Å². The first-order chi connectivity index (χ1) is 13.1. The third kappa shape index (κ3) is 4.02. The van der Waals surface area contributed by atoms with Gasteiger partial charge in [0.25, 0.3) is 0 Å². The molecule has 0 saturated heterocycles. The summed E-state index contributed by atoms with van der Waals surface area (Å²) in [5.74, 6) is -1.21. The maximum absolute atomic E-state index is 13.9. The van der Waals surface area contributed by atoms with Crippen molar-refractivity contribution >= 4 is 10.8 Å². The molecule has 0 bridgehead atoms. The molecule has 2 nitrogen and oxygen atoms in total. The number of hydrogen-bond acceptors (Lipinski definition) is 2. The van der Waals surface area contributed by atoms with Gasteiger partial charge in [0.1, 0.15) is 5.82 Å². The minimum absolute atomic E-state index is 0.182. The molecule has 28 heavy (non-hydrogen) atoms. The number of pyridine rings is 1. The molecular weight excluding hydrogens is 370 g/mol. The molecule has 0 radical (unpaired) electrons. The van der Waals surface area contributed by atoms with Crippen molar-refractivity contribution in [2.75, 3.05) is 0 Å². The van der Waals surface area contributed by atoms with E-state index in [0.717, 1.165) is 5.39 Å². The maximum Gasteiger partial charge on any atom is 0.417 e. The first kappa shape index (κ1) is 20.3. The van der Waals surface area contributed by atoms with Gasteiger partial charge in [-0.05, 0) is 54.0 Å². The van der Waals surface area contributed by atoms with Gasteiger partial charge in [0.05, 0.1) is 5.69 Å². The van der Waals surface area contributed by atoms with Gasteiger partial charge in [-0.15, -0.1) is 0 Å². The molecule has 0 saturated carbocycles. The van der Waals surface area contributed by atoms with Crippen LogP contribution >= 0.6 is 0 Å². The van der Waals surface area contributed by atoms with Crippen molar-refractivity contribution < 1.29 is 22.7 Å². The van der Waals surface area contributed by atoms with Gasteiger partial charge >= 0.3 is 6.18 Å². The summed E-state index contributed by atoms with van der Waals surface area (Å²) in [4.78, 5) is 4.10. The molecule has 2 atom stereocenters. The van der Waals surface area contributed by atoms with E-state index in [1.165, 1.54) is 24.4 Å². The Balaban J connectivity index is 1.98. The molecule has 0 aliphatic rings. The van der Waals surface area contributed by atoms with E-state index < -0.39 is 36.4 Å². The van der Waals surface area contributed by atoms with Crippen molar-refractivity contribution in [3.8, 4) is 0 Å². The summed E-state index contributed by atoms with van der Waals surface area (Å²) in [5.41, 5.74) is -1.67. The van der Waals surface area contributed by atoms with Crippen LogP contribution in [0.15, 0.2) is 54.7 Å². The lowest BCUT2D eigenvalue weighted by Crippen LogP contribution is -2.48. The van der Waals surface area contributed by atoms with Crippen molar-refractivity contribution in [1.82, 2.24) is 4.98 Å². The summed E-state index contributed by atoms with van der Waals surface area (Å²) in [7, 11) is 0. The average Bonchev–Trinajstić information content (AvgIpc) is 2.63. The smallest absolute Gasteiger partial charge is 0.380 e. The first-order valence-corrected chi connectivity index (χ1v) is 8.98. The molecule has 1 aromatic heterocycles. The molecule has 2 aromatic carbocycles. The third-order valence-electron chi connectivity index (χ3n) is 5.16. The van der Waals surface area contributed by atoms with Gasteiger partial charge in [-0.1, -0.05) is 37.3 Å². The Hall–Kier alpha value is -2.47. The SMILES string of the molecule is Cc1ccc(F)cc1C(C)CC(O)(Cc1nccc2ccccc12)C(F)(F)F. The van der Waals surface area contributed by atoms with E-state index in [4.69, 9.17) is 0 Å². The summed E-state index contributed by atoms with van der Waals surface area (Å²) in [6.45, 7) is 3.28. The van der Waals surface area contributed by atoms with Crippen molar-refractivity contribution in [1.29, 1.82) is 0 Å². The number of nitrogens with zero attached hydrogens (tertiary/aromatic N) is 1. The highest BCUT2D eigenvalue weighted by Crippen LogP contribution is 2.41. The summed E-state index contributed by atoms with van der Waals surface area (Å²) in [5, 5.41) is 12.0. The van der Waals surface area contributed by atoms with Crippen LogP contribution < -0.4 is 0 Å². The zero-order chi connectivity index (χ0) is 20.5. The lowest BCUT2D eigenvalue weighted by atomic mass is 9.82. The molecule has 0 amide bonds. The normalized spacial score (nSPS) is 15.4. The molecule has 0 aliphatic carbocycles. The van der Waals surface area contributed by atoms with Crippen molar-refractivity contribution in [2.24, 2.45) is 0 Å². The molecule has 6 heteroatoms. The van der Waals surface area contributed by atoms with Gasteiger partial charge in [0.2, 0.25) is 0 Å². The standard InChI is InChI=1S/C22H21F4NO/c1-14-7-8-17(23)11-19(14)15(2)12-21(28,22(24,25)26)13-20-18-6-4-3-5-16(18)9-10-27-20/h3-11,15,28H,12-13H2,1-2H3. The quantitative estimate of drug-likeness (QED) is 0.565. The number of hydrogen-bond donors (Lipinski definition) is 1. The summed E-state index contributed by atoms with van der Waals surface area (Å²) in [6, 6.07) is 12.7. The van der Waals surface area contributed by atoms with Crippen LogP contribution in [-0.4, -0.2) is 21.9 Å². The van der Waals surface area contributed by atoms with Crippen molar-refractivity contribution in [2.45, 2.75) is 44.4 Å². The van der Waals surface area contributed by atoms with Gasteiger partial charge in [-0.3, -0.25) is 4.98 Å². The fourth-order valence-corrected chi connectivity index (χ4v) is 3.65. The van der Waals surface area contributed by atoms with Crippen LogP contribution in [0.25, 0.3) is 10.8 Å². The second kappa shape index (κ2) is 7.51. The number of aliphatic hydroxyl groups is 1. The molecule has 1 heterocycles. The first-order valence-electron chi connectivity index (χ1n) is 8.98. The number of rotatable bonds is 5. The number of alkyl halides is 3. The highest BCUT2D eigenvalue weighted by Gasteiger charge is 2.54. The van der Waals surface area contributed by atoms with Crippen LogP contribution in [0.4, 0.5) is 17.6 Å². The van der Waals surface area contributed by atoms with E-state index in [1.54, 1.807) is 44.2 Å². The Kier molecular flexibility index (Phi) is 5.44. The van der Waals surface area contributed by atoms with Gasteiger partial charge in [-0.25, -0.2) is 4.39 Å². The van der Waals surface area contributed by atoms with E-state index in [1.807, 2.05) is 0 Å². The molecule has 148 valence electrons. The number of aryl methyl sites for hydroxylation is 1. The fraction of sp³-hybridized carbons (Fsp3) is 0.318. The Morgan fingerprint density at radius 2 is 1.79 bits per heavy atom. The Morgan fingerprint density at radius 3 is 2.50 bits per heavy atom. The van der Waals surface area contributed by atoms with Crippen LogP contribution in [0.5, 0.6) is 0 Å². The minimum Gasteiger partial charge on any atom is -0.380 e. The second-order valence-corrected chi connectivity index (χ2v) is 7.29. The third-order valence-corrected chi connectivity index (χ3v) is 5.16. The highest BCUT2D eigenvalue weighted by atomic mass is 19.4. The van der Waals surface area contributed by atoms with Gasteiger partial charge in [-0.2, -0.15) is 13.2 Å². The molecule has 2 unspecified atom stereocenters. The van der Waals surface area contributed by atoms with E-state index >= 15 is 0 Å². The molecule has 3 aromatic rings. The monoisotopic (exact) mass is 391 g/mol. The summed E-state index contributed by atoms with van der Waals surface area (Å²) >= 11 is 0. The number of halogens is 4. The zero-order valence-electron chi connectivity index (χ0n) is 15.6. The minimum atomic E-state index is -4.86. The van der Waals surface area contributed by atoms with Crippen LogP contribution in [0.2, 0.25) is 0 Å². The van der Waals surface area contributed by atoms with E-state index in [9.17, 15) is 22.7 Å². The molecule has 3 rings (SSSR count). The summed E-state index contributed by atoms with van der Waals surface area (Å²) in [6.07, 6.45) is -4.68. The second-order valence-electron chi connectivity index (χ2n) is 7.29. The Bertz CT molecular complexity index is 980. The fourth-order valence-electron chi connectivity index (χ4n) is 3.65. The van der Waals surface area contributed by atoms with E-state index in [-0.39, 0.29) is 5.69 Å². The number of aromatic nitrogens is 1. The molecule has 1 N–H and O–H groups in total. The van der Waals surface area contributed by atoms with E-state index in [2.05, 4.69) is 4.98 Å².